The van der Waals surface area contributed by atoms with E-state index in [1.54, 1.807) is 6.92 Å². The summed E-state index contributed by atoms with van der Waals surface area (Å²) in [5.41, 5.74) is 2.28. The fourth-order valence-electron chi connectivity index (χ4n) is 3.92. The summed E-state index contributed by atoms with van der Waals surface area (Å²) in [4.78, 5) is 24.0. The van der Waals surface area contributed by atoms with Crippen LogP contribution in [0.1, 0.15) is 18.1 Å². The fourth-order valence-corrected chi connectivity index (χ4v) is 3.92. The minimum absolute atomic E-state index is 0.124. The van der Waals surface area contributed by atoms with Crippen molar-refractivity contribution in [1.29, 1.82) is 0 Å². The Morgan fingerprint density at radius 1 is 0.861 bits per heavy atom. The number of hydrogen-bond donors (Lipinski definition) is 1. The zero-order chi connectivity index (χ0) is 25.3. The normalized spacial score (nSPS) is 12.0. The maximum Gasteiger partial charge on any atom is 0.412 e. The van der Waals surface area contributed by atoms with Crippen LogP contribution in [0.5, 0.6) is 17.2 Å². The van der Waals surface area contributed by atoms with Crippen molar-refractivity contribution in [3.63, 3.8) is 0 Å². The average Bonchev–Trinajstić information content (AvgIpc) is 2.90. The highest BCUT2D eigenvalue weighted by atomic mass is 16.6. The van der Waals surface area contributed by atoms with Crippen molar-refractivity contribution in [2.24, 2.45) is 0 Å². The summed E-state index contributed by atoms with van der Waals surface area (Å²) in [6, 6.07) is 17.4. The highest BCUT2D eigenvalue weighted by Gasteiger charge is 2.24. The van der Waals surface area contributed by atoms with Crippen molar-refractivity contribution >= 4 is 22.8 Å². The van der Waals surface area contributed by atoms with E-state index >= 15 is 0 Å². The van der Waals surface area contributed by atoms with Crippen molar-refractivity contribution in [2.45, 2.75) is 19.8 Å². The number of fused-ring (bicyclic) bond motifs is 2. The molecule has 0 heterocycles. The second-order valence-corrected chi connectivity index (χ2v) is 8.30. The molecule has 0 fully saturated rings. The fraction of sp³-hybridized carbons (Fsp3) is 0.241. The number of hydrogen-bond acceptors (Lipinski definition) is 6. The number of carbonyl (C=O) groups is 2. The quantitative estimate of drug-likeness (QED) is 0.176. The van der Waals surface area contributed by atoms with Gasteiger partial charge in [0.25, 0.3) is 0 Å². The molecule has 3 aromatic carbocycles. The number of nitrogens with one attached hydrogen (secondary N) is 1. The van der Waals surface area contributed by atoms with E-state index in [0.717, 1.165) is 33.4 Å². The molecule has 0 aliphatic heterocycles. The van der Waals surface area contributed by atoms with Crippen molar-refractivity contribution in [1.82, 2.24) is 5.32 Å². The Morgan fingerprint density at radius 3 is 2.19 bits per heavy atom. The first-order chi connectivity index (χ1) is 17.5. The Balaban J connectivity index is 1.44. The van der Waals surface area contributed by atoms with E-state index in [9.17, 15) is 9.59 Å². The predicted molar refractivity (Wildman–Crippen MR) is 138 cm³/mol. The first-order valence-corrected chi connectivity index (χ1v) is 11.8. The monoisotopic (exact) mass is 487 g/mol. The van der Waals surface area contributed by atoms with Crippen molar-refractivity contribution < 1.29 is 28.5 Å². The van der Waals surface area contributed by atoms with E-state index in [-0.39, 0.29) is 26.4 Å². The van der Waals surface area contributed by atoms with Crippen molar-refractivity contribution in [2.75, 3.05) is 26.4 Å². The van der Waals surface area contributed by atoms with Gasteiger partial charge in [-0.1, -0.05) is 61.2 Å². The molecule has 1 aliphatic carbocycles. The Morgan fingerprint density at radius 2 is 1.50 bits per heavy atom. The zero-order valence-electron chi connectivity index (χ0n) is 20.3. The standard InChI is InChI=1S/C29H29NO6/c1-20(2)28(31)34-19-18-33-17-16-30-29(32)36-27-24-14-8-6-12-22(24)26(23-13-7-9-15-25(23)27)35-21-10-4-3-5-11-21/h3-12,14H,1,13,15-19H2,2H3,(H,30,32). The number of ether oxygens (including phenoxy) is 4. The van der Waals surface area contributed by atoms with Gasteiger partial charge in [-0.3, -0.25) is 0 Å². The van der Waals surface area contributed by atoms with Crippen LogP contribution in [-0.4, -0.2) is 38.4 Å². The number of amides is 1. The van der Waals surface area contributed by atoms with Crippen LogP contribution in [0, 0.1) is 0 Å². The van der Waals surface area contributed by atoms with Crippen LogP contribution < -0.4 is 14.8 Å². The highest BCUT2D eigenvalue weighted by Crippen LogP contribution is 2.44. The SMILES string of the molecule is C=C(C)C(=O)OCCOCCNC(=O)Oc1c2c(c(Oc3ccccc3)c3ccccc13)CC=CC2. The third-order valence-electron chi connectivity index (χ3n) is 5.62. The third kappa shape index (κ3) is 6.12. The molecule has 3 aromatic rings. The van der Waals surface area contributed by atoms with Gasteiger partial charge in [0.05, 0.1) is 13.2 Å². The summed E-state index contributed by atoms with van der Waals surface area (Å²) in [6.07, 6.45) is 4.93. The molecule has 0 radical (unpaired) electrons. The molecule has 4 rings (SSSR count). The van der Waals surface area contributed by atoms with Crippen molar-refractivity contribution in [3.8, 4) is 17.2 Å². The van der Waals surface area contributed by atoms with E-state index in [1.165, 1.54) is 0 Å². The first kappa shape index (κ1) is 25.0. The Kier molecular flexibility index (Phi) is 8.36. The topological polar surface area (TPSA) is 83.1 Å². The van der Waals surface area contributed by atoms with Gasteiger partial charge >= 0.3 is 12.1 Å². The van der Waals surface area contributed by atoms with E-state index < -0.39 is 12.1 Å². The lowest BCUT2D eigenvalue weighted by Gasteiger charge is -2.23. The summed E-state index contributed by atoms with van der Waals surface area (Å²) < 4.78 is 22.5. The molecule has 7 nitrogen and oxygen atoms in total. The number of esters is 1. The van der Waals surface area contributed by atoms with Crippen LogP contribution in [0.2, 0.25) is 0 Å². The van der Waals surface area contributed by atoms with E-state index in [0.29, 0.717) is 24.2 Å². The molecule has 0 atom stereocenters. The molecule has 1 aliphatic rings. The van der Waals surface area contributed by atoms with Crippen LogP contribution in [0.25, 0.3) is 10.8 Å². The number of rotatable bonds is 10. The smallest absolute Gasteiger partial charge is 0.412 e. The summed E-state index contributed by atoms with van der Waals surface area (Å²) in [5.74, 6) is 1.62. The van der Waals surface area contributed by atoms with Crippen LogP contribution in [0.15, 0.2) is 78.9 Å². The zero-order valence-corrected chi connectivity index (χ0v) is 20.3. The Bertz CT molecular complexity index is 1280. The number of allylic oxidation sites excluding steroid dienone is 2. The van der Waals surface area contributed by atoms with Crippen LogP contribution in [0.4, 0.5) is 4.79 Å². The Hall–Kier alpha value is -4.10. The van der Waals surface area contributed by atoms with Crippen LogP contribution in [-0.2, 0) is 27.1 Å². The summed E-state index contributed by atoms with van der Waals surface area (Å²) in [6.45, 7) is 5.96. The van der Waals surface area contributed by atoms with Gasteiger partial charge in [0.15, 0.2) is 0 Å². The molecule has 0 bridgehead atoms. The molecule has 36 heavy (non-hydrogen) atoms. The maximum atomic E-state index is 12.7. The summed E-state index contributed by atoms with van der Waals surface area (Å²) >= 11 is 0. The Labute approximate surface area is 210 Å². The molecule has 186 valence electrons. The van der Waals surface area contributed by atoms with Crippen LogP contribution >= 0.6 is 0 Å². The molecule has 0 aromatic heterocycles. The first-order valence-electron chi connectivity index (χ1n) is 11.8. The van der Waals surface area contributed by atoms with Gasteiger partial charge in [-0.25, -0.2) is 9.59 Å². The molecular weight excluding hydrogens is 458 g/mol. The molecule has 0 spiro atoms. The molecule has 7 heteroatoms. The second kappa shape index (κ2) is 12.0. The highest BCUT2D eigenvalue weighted by molar-refractivity contribution is 5.98. The molecule has 1 N–H and O–H groups in total. The van der Waals surface area contributed by atoms with E-state index in [2.05, 4.69) is 24.0 Å². The number of para-hydroxylation sites is 1. The number of benzene rings is 3. The number of carbonyl (C=O) groups excluding carboxylic acids is 2. The van der Waals surface area contributed by atoms with E-state index in [1.807, 2.05) is 54.6 Å². The van der Waals surface area contributed by atoms with Crippen molar-refractivity contribution in [3.05, 3.63) is 90.0 Å². The third-order valence-corrected chi connectivity index (χ3v) is 5.62. The molecule has 0 saturated carbocycles. The summed E-state index contributed by atoms with van der Waals surface area (Å²) in [5, 5.41) is 4.41. The van der Waals surface area contributed by atoms with Gasteiger partial charge < -0.3 is 24.3 Å². The van der Waals surface area contributed by atoms with Gasteiger partial charge in [0.1, 0.15) is 23.9 Å². The van der Waals surface area contributed by atoms with Gasteiger partial charge in [0.2, 0.25) is 0 Å². The lowest BCUT2D eigenvalue weighted by molar-refractivity contribution is -0.140. The molecular formula is C29H29NO6. The second-order valence-electron chi connectivity index (χ2n) is 8.30. The van der Waals surface area contributed by atoms with Gasteiger partial charge in [0, 0.05) is 34.0 Å². The molecule has 0 saturated heterocycles. The lowest BCUT2D eigenvalue weighted by atomic mass is 9.90. The minimum atomic E-state index is -0.564. The largest absolute Gasteiger partial charge is 0.460 e. The van der Waals surface area contributed by atoms with Crippen LogP contribution in [0.3, 0.4) is 0 Å². The lowest BCUT2D eigenvalue weighted by Crippen LogP contribution is -2.31. The van der Waals surface area contributed by atoms with E-state index in [4.69, 9.17) is 18.9 Å². The van der Waals surface area contributed by atoms with Gasteiger partial charge in [-0.15, -0.1) is 0 Å². The molecule has 1 amide bonds. The van der Waals surface area contributed by atoms with Gasteiger partial charge in [-0.05, 0) is 31.9 Å². The minimum Gasteiger partial charge on any atom is -0.460 e. The van der Waals surface area contributed by atoms with Gasteiger partial charge in [-0.2, -0.15) is 0 Å². The predicted octanol–water partition coefficient (Wildman–Crippen LogP) is 5.51. The average molecular weight is 488 g/mol. The maximum absolute atomic E-state index is 12.7. The summed E-state index contributed by atoms with van der Waals surface area (Å²) in [7, 11) is 0. The molecule has 0 unspecified atom stereocenters.